The molecule has 1 amide bonds. The van der Waals surface area contributed by atoms with Crippen LogP contribution in [0.4, 0.5) is 5.69 Å². The monoisotopic (exact) mass is 274 g/mol. The van der Waals surface area contributed by atoms with Crippen LogP contribution in [0.2, 0.25) is 5.02 Å². The number of hydrogen-bond acceptors (Lipinski definition) is 3. The Morgan fingerprint density at radius 1 is 1.11 bits per heavy atom. The van der Waals surface area contributed by atoms with Crippen LogP contribution in [0, 0.1) is 0 Å². The van der Waals surface area contributed by atoms with Crippen LogP contribution in [-0.4, -0.2) is 16.7 Å². The summed E-state index contributed by atoms with van der Waals surface area (Å²) in [6.07, 6.45) is 1.41. The van der Waals surface area contributed by atoms with Gasteiger partial charge in [0.15, 0.2) is 5.78 Å². The molecule has 1 heterocycles. The van der Waals surface area contributed by atoms with Gasteiger partial charge in [0.25, 0.3) is 5.91 Å². The lowest BCUT2D eigenvalue weighted by Gasteiger charge is -2.05. The summed E-state index contributed by atoms with van der Waals surface area (Å²) in [4.78, 5) is 26.9. The molecular formula is C14H11ClN2O2. The molecule has 1 aromatic heterocycles. The normalized spacial score (nSPS) is 10.0. The Labute approximate surface area is 115 Å². The van der Waals surface area contributed by atoms with Crippen molar-refractivity contribution in [1.82, 2.24) is 4.98 Å². The summed E-state index contributed by atoms with van der Waals surface area (Å²) in [7, 11) is 0. The average molecular weight is 275 g/mol. The van der Waals surface area contributed by atoms with Crippen molar-refractivity contribution in [3.8, 4) is 0 Å². The molecule has 5 heteroatoms. The molecule has 0 aliphatic heterocycles. The van der Waals surface area contributed by atoms with Crippen LogP contribution in [0.15, 0.2) is 42.6 Å². The fourth-order valence-electron chi connectivity index (χ4n) is 1.49. The van der Waals surface area contributed by atoms with Crippen molar-refractivity contribution in [1.29, 1.82) is 0 Å². The van der Waals surface area contributed by atoms with Gasteiger partial charge in [0.05, 0.1) is 5.02 Å². The Kier molecular flexibility index (Phi) is 3.92. The number of Topliss-reactive ketones (excluding diaryl/α,β-unsaturated/α-hetero) is 1. The van der Waals surface area contributed by atoms with E-state index in [1.54, 1.807) is 36.4 Å². The van der Waals surface area contributed by atoms with Crippen molar-refractivity contribution in [3.63, 3.8) is 0 Å². The summed E-state index contributed by atoms with van der Waals surface area (Å²) in [5.41, 5.74) is 1.48. The number of rotatable bonds is 3. The number of carbonyl (C=O) groups is 2. The number of anilines is 1. The molecule has 0 radical (unpaired) electrons. The molecule has 0 bridgehead atoms. The summed E-state index contributed by atoms with van der Waals surface area (Å²) >= 11 is 5.70. The molecule has 0 aliphatic rings. The molecule has 4 nitrogen and oxygen atoms in total. The number of nitrogens with one attached hydrogen (secondary N) is 1. The van der Waals surface area contributed by atoms with Gasteiger partial charge in [0.1, 0.15) is 5.69 Å². The third kappa shape index (κ3) is 3.39. The largest absolute Gasteiger partial charge is 0.321 e. The van der Waals surface area contributed by atoms with Gasteiger partial charge < -0.3 is 5.32 Å². The van der Waals surface area contributed by atoms with E-state index >= 15 is 0 Å². The van der Waals surface area contributed by atoms with Crippen LogP contribution < -0.4 is 5.32 Å². The quantitative estimate of drug-likeness (QED) is 0.875. The van der Waals surface area contributed by atoms with Gasteiger partial charge in [-0.1, -0.05) is 11.6 Å². The van der Waals surface area contributed by atoms with Crippen molar-refractivity contribution >= 4 is 29.0 Å². The molecule has 96 valence electrons. The van der Waals surface area contributed by atoms with Gasteiger partial charge in [-0.3, -0.25) is 9.59 Å². The Hall–Kier alpha value is -2.20. The average Bonchev–Trinajstić information content (AvgIpc) is 2.40. The Morgan fingerprint density at radius 2 is 1.79 bits per heavy atom. The smallest absolute Gasteiger partial charge is 0.274 e. The van der Waals surface area contributed by atoms with Gasteiger partial charge >= 0.3 is 0 Å². The molecule has 0 saturated heterocycles. The van der Waals surface area contributed by atoms with E-state index in [0.29, 0.717) is 16.3 Å². The second-order valence-electron chi connectivity index (χ2n) is 3.95. The number of pyridine rings is 1. The van der Waals surface area contributed by atoms with Gasteiger partial charge in [-0.2, -0.15) is 0 Å². The third-order valence-electron chi connectivity index (χ3n) is 2.51. The molecule has 0 spiro atoms. The summed E-state index contributed by atoms with van der Waals surface area (Å²) in [6.45, 7) is 1.49. The van der Waals surface area contributed by atoms with Crippen LogP contribution in [0.25, 0.3) is 0 Å². The van der Waals surface area contributed by atoms with Crippen LogP contribution in [0.3, 0.4) is 0 Å². The fourth-order valence-corrected chi connectivity index (χ4v) is 1.61. The first-order valence-electron chi connectivity index (χ1n) is 5.60. The number of carbonyl (C=O) groups excluding carboxylic acids is 2. The first kappa shape index (κ1) is 13.2. The van der Waals surface area contributed by atoms with E-state index in [2.05, 4.69) is 10.3 Å². The minimum atomic E-state index is -0.327. The molecule has 0 unspecified atom stereocenters. The van der Waals surface area contributed by atoms with Crippen molar-refractivity contribution in [2.75, 3.05) is 5.32 Å². The maximum absolute atomic E-state index is 11.9. The highest BCUT2D eigenvalue weighted by molar-refractivity contribution is 6.30. The summed E-state index contributed by atoms with van der Waals surface area (Å²) in [5, 5.41) is 3.16. The topological polar surface area (TPSA) is 59.1 Å². The van der Waals surface area contributed by atoms with Gasteiger partial charge in [-0.15, -0.1) is 0 Å². The SMILES string of the molecule is CC(=O)c1ccc(NC(=O)c2ccc(Cl)cn2)cc1. The summed E-state index contributed by atoms with van der Waals surface area (Å²) in [6, 6.07) is 9.81. The highest BCUT2D eigenvalue weighted by Gasteiger charge is 2.07. The second kappa shape index (κ2) is 5.63. The zero-order valence-electron chi connectivity index (χ0n) is 10.2. The van der Waals surface area contributed by atoms with Crippen molar-refractivity contribution in [2.24, 2.45) is 0 Å². The molecule has 1 N–H and O–H groups in total. The van der Waals surface area contributed by atoms with E-state index in [9.17, 15) is 9.59 Å². The summed E-state index contributed by atoms with van der Waals surface area (Å²) in [5.74, 6) is -0.343. The standard InChI is InChI=1S/C14H11ClN2O2/c1-9(18)10-2-5-12(6-3-10)17-14(19)13-7-4-11(15)8-16-13/h2-8H,1H3,(H,17,19). The lowest BCUT2D eigenvalue weighted by atomic mass is 10.1. The lowest BCUT2D eigenvalue weighted by molar-refractivity contribution is 0.101. The van der Waals surface area contributed by atoms with E-state index in [-0.39, 0.29) is 17.4 Å². The first-order valence-corrected chi connectivity index (χ1v) is 5.98. The van der Waals surface area contributed by atoms with E-state index in [0.717, 1.165) is 0 Å². The fraction of sp³-hybridized carbons (Fsp3) is 0.0714. The molecule has 0 atom stereocenters. The molecule has 1 aromatic carbocycles. The Balaban J connectivity index is 2.10. The molecule has 0 saturated carbocycles. The molecule has 2 aromatic rings. The molecule has 0 fully saturated rings. The van der Waals surface area contributed by atoms with Gasteiger partial charge in [0.2, 0.25) is 0 Å². The van der Waals surface area contributed by atoms with Gasteiger partial charge in [0, 0.05) is 17.4 Å². The van der Waals surface area contributed by atoms with Crippen LogP contribution in [-0.2, 0) is 0 Å². The molecule has 0 aliphatic carbocycles. The summed E-state index contributed by atoms with van der Waals surface area (Å²) < 4.78 is 0. The predicted molar refractivity (Wildman–Crippen MR) is 73.6 cm³/mol. The van der Waals surface area contributed by atoms with Crippen molar-refractivity contribution in [2.45, 2.75) is 6.92 Å². The van der Waals surface area contributed by atoms with Crippen molar-refractivity contribution < 1.29 is 9.59 Å². The third-order valence-corrected chi connectivity index (χ3v) is 2.73. The zero-order chi connectivity index (χ0) is 13.8. The number of aromatic nitrogens is 1. The lowest BCUT2D eigenvalue weighted by Crippen LogP contribution is -2.13. The number of amides is 1. The molecule has 19 heavy (non-hydrogen) atoms. The Morgan fingerprint density at radius 3 is 2.32 bits per heavy atom. The van der Waals surface area contributed by atoms with E-state index in [4.69, 9.17) is 11.6 Å². The maximum Gasteiger partial charge on any atom is 0.274 e. The second-order valence-corrected chi connectivity index (χ2v) is 4.39. The maximum atomic E-state index is 11.9. The minimum absolute atomic E-state index is 0.0164. The first-order chi connectivity index (χ1) is 9.06. The minimum Gasteiger partial charge on any atom is -0.321 e. The number of benzene rings is 1. The molecular weight excluding hydrogens is 264 g/mol. The van der Waals surface area contributed by atoms with Crippen LogP contribution in [0.1, 0.15) is 27.8 Å². The van der Waals surface area contributed by atoms with Gasteiger partial charge in [-0.05, 0) is 43.3 Å². The number of halogens is 1. The van der Waals surface area contributed by atoms with Crippen LogP contribution >= 0.6 is 11.6 Å². The van der Waals surface area contributed by atoms with Crippen LogP contribution in [0.5, 0.6) is 0 Å². The van der Waals surface area contributed by atoms with Crippen molar-refractivity contribution in [3.05, 3.63) is 58.9 Å². The molecule has 2 rings (SSSR count). The van der Waals surface area contributed by atoms with E-state index in [1.165, 1.54) is 13.1 Å². The predicted octanol–water partition coefficient (Wildman–Crippen LogP) is 3.19. The highest BCUT2D eigenvalue weighted by atomic mass is 35.5. The Bertz CT molecular complexity index is 606. The van der Waals surface area contributed by atoms with E-state index in [1.807, 2.05) is 0 Å². The van der Waals surface area contributed by atoms with E-state index < -0.39 is 0 Å². The van der Waals surface area contributed by atoms with Gasteiger partial charge in [-0.25, -0.2) is 4.98 Å². The number of hydrogen-bond donors (Lipinski definition) is 1. The zero-order valence-corrected chi connectivity index (χ0v) is 10.9. The number of nitrogens with zero attached hydrogens (tertiary/aromatic N) is 1. The highest BCUT2D eigenvalue weighted by Crippen LogP contribution is 2.12. The number of ketones is 1.